The normalized spacial score (nSPS) is 13.8. The standard InChI is InChI=1S/C23H24FN5OS/c24-19-8-6-18(7-9-19)16-25-22(30)17-31-23-11-10-21(26-27-23)29-14-12-28(13-15-29)20-4-2-1-3-5-20/h1-11H,12-17H2,(H,25,30). The van der Waals surface area contributed by atoms with Gasteiger partial charge in [0.2, 0.25) is 5.91 Å². The molecule has 160 valence electrons. The fourth-order valence-electron chi connectivity index (χ4n) is 3.38. The van der Waals surface area contributed by atoms with Gasteiger partial charge in [-0.25, -0.2) is 4.39 Å². The molecule has 0 atom stereocenters. The number of piperazine rings is 1. The van der Waals surface area contributed by atoms with Crippen molar-refractivity contribution in [2.75, 3.05) is 41.7 Å². The van der Waals surface area contributed by atoms with Gasteiger partial charge in [-0.3, -0.25) is 4.79 Å². The highest BCUT2D eigenvalue weighted by atomic mass is 32.2. The van der Waals surface area contributed by atoms with Crippen molar-refractivity contribution in [2.24, 2.45) is 0 Å². The summed E-state index contributed by atoms with van der Waals surface area (Å²) in [5.41, 5.74) is 2.11. The van der Waals surface area contributed by atoms with Crippen molar-refractivity contribution in [3.05, 3.63) is 78.1 Å². The number of carbonyl (C=O) groups is 1. The molecule has 4 rings (SSSR count). The maximum atomic E-state index is 12.9. The molecule has 0 saturated carbocycles. The third kappa shape index (κ3) is 5.95. The molecule has 8 heteroatoms. The maximum absolute atomic E-state index is 12.9. The lowest BCUT2D eigenvalue weighted by molar-refractivity contribution is -0.118. The van der Waals surface area contributed by atoms with E-state index in [-0.39, 0.29) is 17.5 Å². The second-order valence-corrected chi connectivity index (χ2v) is 8.23. The molecule has 0 bridgehead atoms. The van der Waals surface area contributed by atoms with Gasteiger partial charge in [0.1, 0.15) is 10.8 Å². The highest BCUT2D eigenvalue weighted by Crippen LogP contribution is 2.20. The molecule has 31 heavy (non-hydrogen) atoms. The molecule has 0 spiro atoms. The minimum atomic E-state index is -0.286. The van der Waals surface area contributed by atoms with Crippen molar-refractivity contribution >= 4 is 29.2 Å². The Hall–Kier alpha value is -3.13. The van der Waals surface area contributed by atoms with E-state index >= 15 is 0 Å². The first kappa shape index (κ1) is 21.1. The second kappa shape index (κ2) is 10.3. The number of aromatic nitrogens is 2. The largest absolute Gasteiger partial charge is 0.368 e. The molecule has 2 aromatic carbocycles. The van der Waals surface area contributed by atoms with Gasteiger partial charge in [0.25, 0.3) is 0 Å². The predicted octanol–water partition coefficient (Wildman–Crippen LogP) is 3.35. The molecule has 3 aromatic rings. The number of para-hydroxylation sites is 1. The summed E-state index contributed by atoms with van der Waals surface area (Å²) in [7, 11) is 0. The first-order chi connectivity index (χ1) is 15.2. The zero-order valence-electron chi connectivity index (χ0n) is 17.1. The number of amides is 1. The van der Waals surface area contributed by atoms with Crippen LogP contribution in [0.1, 0.15) is 5.56 Å². The molecule has 0 radical (unpaired) electrons. The quantitative estimate of drug-likeness (QED) is 0.572. The first-order valence-corrected chi connectivity index (χ1v) is 11.2. The number of benzene rings is 2. The highest BCUT2D eigenvalue weighted by Gasteiger charge is 2.18. The number of nitrogens with one attached hydrogen (secondary N) is 1. The minimum Gasteiger partial charge on any atom is -0.368 e. The summed E-state index contributed by atoms with van der Waals surface area (Å²) in [6.07, 6.45) is 0. The second-order valence-electron chi connectivity index (χ2n) is 7.23. The van der Waals surface area contributed by atoms with Crippen LogP contribution >= 0.6 is 11.8 Å². The van der Waals surface area contributed by atoms with E-state index in [1.807, 2.05) is 18.2 Å². The fraction of sp³-hybridized carbons (Fsp3) is 0.261. The average molecular weight is 438 g/mol. The molecule has 6 nitrogen and oxygen atoms in total. The number of hydrogen-bond acceptors (Lipinski definition) is 6. The predicted molar refractivity (Wildman–Crippen MR) is 122 cm³/mol. The van der Waals surface area contributed by atoms with E-state index in [0.717, 1.165) is 37.6 Å². The molecule has 1 N–H and O–H groups in total. The van der Waals surface area contributed by atoms with Gasteiger partial charge in [0.15, 0.2) is 5.82 Å². The summed E-state index contributed by atoms with van der Waals surface area (Å²) >= 11 is 1.35. The summed E-state index contributed by atoms with van der Waals surface area (Å²) in [6, 6.07) is 20.4. The fourth-order valence-corrected chi connectivity index (χ4v) is 4.03. The lowest BCUT2D eigenvalue weighted by Gasteiger charge is -2.36. The van der Waals surface area contributed by atoms with Crippen molar-refractivity contribution in [1.29, 1.82) is 0 Å². The van der Waals surface area contributed by atoms with Crippen LogP contribution in [0.5, 0.6) is 0 Å². The molecular weight excluding hydrogens is 413 g/mol. The van der Waals surface area contributed by atoms with Crippen LogP contribution in [-0.2, 0) is 11.3 Å². The first-order valence-electron chi connectivity index (χ1n) is 10.2. The third-order valence-electron chi connectivity index (χ3n) is 5.11. The summed E-state index contributed by atoms with van der Waals surface area (Å²) in [6.45, 7) is 4.04. The van der Waals surface area contributed by atoms with Crippen molar-refractivity contribution in [2.45, 2.75) is 11.6 Å². The molecule has 0 unspecified atom stereocenters. The molecular formula is C23H24FN5OS. The van der Waals surface area contributed by atoms with Crippen LogP contribution in [0.15, 0.2) is 71.8 Å². The van der Waals surface area contributed by atoms with Gasteiger partial charge in [-0.1, -0.05) is 42.1 Å². The summed E-state index contributed by atoms with van der Waals surface area (Å²) in [4.78, 5) is 16.7. The van der Waals surface area contributed by atoms with Crippen LogP contribution in [0.3, 0.4) is 0 Å². The van der Waals surface area contributed by atoms with Gasteiger partial charge in [-0.05, 0) is 42.0 Å². The number of hydrogen-bond donors (Lipinski definition) is 1. The van der Waals surface area contributed by atoms with Crippen molar-refractivity contribution in [3.8, 4) is 0 Å². The van der Waals surface area contributed by atoms with Crippen LogP contribution in [0.4, 0.5) is 15.9 Å². The number of carbonyl (C=O) groups excluding carboxylic acids is 1. The van der Waals surface area contributed by atoms with Crippen molar-refractivity contribution in [1.82, 2.24) is 15.5 Å². The minimum absolute atomic E-state index is 0.0998. The van der Waals surface area contributed by atoms with E-state index in [2.05, 4.69) is 49.6 Å². The van der Waals surface area contributed by atoms with Gasteiger partial charge >= 0.3 is 0 Å². The Morgan fingerprint density at radius 3 is 2.29 bits per heavy atom. The van der Waals surface area contributed by atoms with Crippen LogP contribution in [-0.4, -0.2) is 48.0 Å². The Labute approximate surface area is 185 Å². The Morgan fingerprint density at radius 1 is 0.903 bits per heavy atom. The molecule has 1 saturated heterocycles. The zero-order chi connectivity index (χ0) is 21.5. The average Bonchev–Trinajstić information content (AvgIpc) is 2.83. The Bertz CT molecular complexity index is 977. The lowest BCUT2D eigenvalue weighted by Crippen LogP contribution is -2.46. The number of halogens is 1. The summed E-state index contributed by atoms with van der Waals surface area (Å²) < 4.78 is 12.9. The smallest absolute Gasteiger partial charge is 0.230 e. The highest BCUT2D eigenvalue weighted by molar-refractivity contribution is 7.99. The van der Waals surface area contributed by atoms with Crippen molar-refractivity contribution < 1.29 is 9.18 Å². The molecule has 1 aliphatic rings. The number of thioether (sulfide) groups is 1. The molecule has 2 heterocycles. The number of anilines is 2. The molecule has 1 aromatic heterocycles. The van der Waals surface area contributed by atoms with Gasteiger partial charge in [0.05, 0.1) is 5.75 Å². The Morgan fingerprint density at radius 2 is 1.61 bits per heavy atom. The number of rotatable bonds is 7. The molecule has 1 fully saturated rings. The van der Waals surface area contributed by atoms with E-state index < -0.39 is 0 Å². The van der Waals surface area contributed by atoms with E-state index in [1.54, 1.807) is 12.1 Å². The van der Waals surface area contributed by atoms with E-state index in [4.69, 9.17) is 0 Å². The van der Waals surface area contributed by atoms with Crippen LogP contribution < -0.4 is 15.1 Å². The SMILES string of the molecule is O=C(CSc1ccc(N2CCN(c3ccccc3)CC2)nn1)NCc1ccc(F)cc1. The molecule has 1 amide bonds. The zero-order valence-corrected chi connectivity index (χ0v) is 17.9. The molecule has 0 aliphatic carbocycles. The van der Waals surface area contributed by atoms with Gasteiger partial charge in [0, 0.05) is 38.4 Å². The van der Waals surface area contributed by atoms with E-state index in [1.165, 1.54) is 29.6 Å². The monoisotopic (exact) mass is 437 g/mol. The Kier molecular flexibility index (Phi) is 6.99. The van der Waals surface area contributed by atoms with Crippen LogP contribution in [0, 0.1) is 5.82 Å². The van der Waals surface area contributed by atoms with Crippen LogP contribution in [0.2, 0.25) is 0 Å². The molecule has 1 aliphatic heterocycles. The summed E-state index contributed by atoms with van der Waals surface area (Å²) in [5.74, 6) is 0.728. The summed E-state index contributed by atoms with van der Waals surface area (Å²) in [5, 5.41) is 12.2. The van der Waals surface area contributed by atoms with Gasteiger partial charge in [-0.2, -0.15) is 0 Å². The van der Waals surface area contributed by atoms with E-state index in [9.17, 15) is 9.18 Å². The lowest BCUT2D eigenvalue weighted by atomic mass is 10.2. The Balaban J connectivity index is 1.21. The maximum Gasteiger partial charge on any atom is 0.230 e. The van der Waals surface area contributed by atoms with Gasteiger partial charge in [-0.15, -0.1) is 10.2 Å². The van der Waals surface area contributed by atoms with Gasteiger partial charge < -0.3 is 15.1 Å². The van der Waals surface area contributed by atoms with Crippen molar-refractivity contribution in [3.63, 3.8) is 0 Å². The topological polar surface area (TPSA) is 61.4 Å². The number of nitrogens with zero attached hydrogens (tertiary/aromatic N) is 4. The third-order valence-corrected chi connectivity index (χ3v) is 6.03. The van der Waals surface area contributed by atoms with Crippen LogP contribution in [0.25, 0.3) is 0 Å². The van der Waals surface area contributed by atoms with E-state index in [0.29, 0.717) is 11.6 Å².